The van der Waals surface area contributed by atoms with E-state index < -0.39 is 0 Å². The summed E-state index contributed by atoms with van der Waals surface area (Å²) in [7, 11) is 1.63. The van der Waals surface area contributed by atoms with E-state index in [0.29, 0.717) is 17.4 Å². The molecule has 4 aromatic rings. The minimum atomic E-state index is 0.0728. The summed E-state index contributed by atoms with van der Waals surface area (Å²) in [5.74, 6) is 2.04. The number of methoxy groups -OCH3 is 1. The third kappa shape index (κ3) is 5.00. The SMILES string of the molecule is COc1ccc(Nc2nnc(SCC(=O)c3cc(C)n(Cc4ccco4)c3C)s2)cc1. The van der Waals surface area contributed by atoms with Crippen LogP contribution < -0.4 is 10.1 Å². The first kappa shape index (κ1) is 21.2. The Hall–Kier alpha value is -3.04. The van der Waals surface area contributed by atoms with E-state index in [1.807, 2.05) is 56.3 Å². The van der Waals surface area contributed by atoms with Crippen molar-refractivity contribution in [3.63, 3.8) is 0 Å². The Bertz CT molecular complexity index is 1160. The number of carbonyl (C=O) groups is 1. The topological polar surface area (TPSA) is 82.2 Å². The van der Waals surface area contributed by atoms with Gasteiger partial charge in [-0.15, -0.1) is 10.2 Å². The molecule has 0 saturated carbocycles. The van der Waals surface area contributed by atoms with Crippen LogP contribution in [0, 0.1) is 13.8 Å². The van der Waals surface area contributed by atoms with Crippen molar-refractivity contribution in [1.29, 1.82) is 0 Å². The Balaban J connectivity index is 1.37. The zero-order valence-electron chi connectivity index (χ0n) is 17.4. The largest absolute Gasteiger partial charge is 0.497 e. The summed E-state index contributed by atoms with van der Waals surface area (Å²) in [5, 5.41) is 12.2. The molecule has 0 aliphatic heterocycles. The number of Topliss-reactive ketones (excluding diaryl/α,β-unsaturated/α-hetero) is 1. The first-order valence-electron chi connectivity index (χ1n) is 9.63. The van der Waals surface area contributed by atoms with E-state index in [-0.39, 0.29) is 5.78 Å². The van der Waals surface area contributed by atoms with Gasteiger partial charge in [0.05, 0.1) is 25.7 Å². The van der Waals surface area contributed by atoms with Gasteiger partial charge in [0.1, 0.15) is 11.5 Å². The maximum absolute atomic E-state index is 12.8. The van der Waals surface area contributed by atoms with Crippen molar-refractivity contribution in [2.45, 2.75) is 24.7 Å². The fourth-order valence-corrected chi connectivity index (χ4v) is 4.86. The van der Waals surface area contributed by atoms with Gasteiger partial charge in [0.15, 0.2) is 10.1 Å². The molecule has 160 valence electrons. The normalized spacial score (nSPS) is 10.9. The van der Waals surface area contributed by atoms with Gasteiger partial charge in [-0.2, -0.15) is 0 Å². The summed E-state index contributed by atoms with van der Waals surface area (Å²) in [6.07, 6.45) is 1.66. The van der Waals surface area contributed by atoms with Crippen LogP contribution in [0.2, 0.25) is 0 Å². The lowest BCUT2D eigenvalue weighted by molar-refractivity contribution is 0.102. The molecule has 0 atom stereocenters. The van der Waals surface area contributed by atoms with Gasteiger partial charge in [-0.05, 0) is 56.3 Å². The number of anilines is 2. The number of furan rings is 1. The van der Waals surface area contributed by atoms with E-state index in [2.05, 4.69) is 20.1 Å². The fraction of sp³-hybridized carbons (Fsp3) is 0.227. The van der Waals surface area contributed by atoms with Gasteiger partial charge in [-0.1, -0.05) is 23.1 Å². The first-order valence-corrected chi connectivity index (χ1v) is 11.4. The van der Waals surface area contributed by atoms with E-state index in [1.165, 1.54) is 23.1 Å². The standard InChI is InChI=1S/C22H22N4O3S2/c1-14-11-19(15(2)26(14)12-18-5-4-10-29-18)20(27)13-30-22-25-24-21(31-22)23-16-6-8-17(28-3)9-7-16/h4-11H,12-13H2,1-3H3,(H,23,24). The van der Waals surface area contributed by atoms with Crippen molar-refractivity contribution in [1.82, 2.24) is 14.8 Å². The number of carbonyl (C=O) groups excluding carboxylic acids is 1. The Morgan fingerprint density at radius 2 is 2.03 bits per heavy atom. The second-order valence-corrected chi connectivity index (χ2v) is 9.09. The van der Waals surface area contributed by atoms with Gasteiger partial charge >= 0.3 is 0 Å². The molecule has 4 rings (SSSR count). The van der Waals surface area contributed by atoms with E-state index in [9.17, 15) is 4.79 Å². The van der Waals surface area contributed by atoms with Crippen LogP contribution >= 0.6 is 23.1 Å². The summed E-state index contributed by atoms with van der Waals surface area (Å²) in [6, 6.07) is 13.3. The van der Waals surface area contributed by atoms with Crippen molar-refractivity contribution in [3.8, 4) is 5.75 Å². The molecule has 0 fully saturated rings. The Labute approximate surface area is 188 Å². The van der Waals surface area contributed by atoms with Crippen LogP contribution in [0.3, 0.4) is 0 Å². The molecule has 3 aromatic heterocycles. The van der Waals surface area contributed by atoms with Crippen LogP contribution in [0.15, 0.2) is 57.5 Å². The van der Waals surface area contributed by atoms with Crippen LogP contribution in [0.25, 0.3) is 0 Å². The van der Waals surface area contributed by atoms with Crippen LogP contribution in [-0.4, -0.2) is 33.4 Å². The second-order valence-electron chi connectivity index (χ2n) is 6.89. The molecule has 31 heavy (non-hydrogen) atoms. The predicted molar refractivity (Wildman–Crippen MR) is 123 cm³/mol. The van der Waals surface area contributed by atoms with Gasteiger partial charge < -0.3 is 19.0 Å². The highest BCUT2D eigenvalue weighted by Gasteiger charge is 2.17. The van der Waals surface area contributed by atoms with Crippen molar-refractivity contribution in [3.05, 3.63) is 71.4 Å². The van der Waals surface area contributed by atoms with Gasteiger partial charge in [0.2, 0.25) is 5.13 Å². The average Bonchev–Trinajstić information content (AvgIpc) is 3.51. The maximum atomic E-state index is 12.8. The molecular formula is C22H22N4O3S2. The number of aryl methyl sites for hydroxylation is 1. The number of aromatic nitrogens is 3. The van der Waals surface area contributed by atoms with Crippen molar-refractivity contribution < 1.29 is 13.9 Å². The number of thioether (sulfide) groups is 1. The highest BCUT2D eigenvalue weighted by atomic mass is 32.2. The molecule has 0 aliphatic rings. The molecule has 0 unspecified atom stereocenters. The van der Waals surface area contributed by atoms with Crippen molar-refractivity contribution in [2.24, 2.45) is 0 Å². The Morgan fingerprint density at radius 1 is 1.23 bits per heavy atom. The number of ether oxygens (including phenoxy) is 1. The summed E-state index contributed by atoms with van der Waals surface area (Å²) in [4.78, 5) is 12.8. The van der Waals surface area contributed by atoms with Crippen LogP contribution in [0.4, 0.5) is 10.8 Å². The van der Waals surface area contributed by atoms with Gasteiger partial charge in [-0.3, -0.25) is 4.79 Å². The lowest BCUT2D eigenvalue weighted by Crippen LogP contribution is -2.07. The molecule has 0 bridgehead atoms. The lowest BCUT2D eigenvalue weighted by atomic mass is 10.2. The third-order valence-electron chi connectivity index (χ3n) is 4.84. The van der Waals surface area contributed by atoms with Gasteiger partial charge in [-0.25, -0.2) is 0 Å². The van der Waals surface area contributed by atoms with Gasteiger partial charge in [0.25, 0.3) is 0 Å². The Kier molecular flexibility index (Phi) is 6.43. The molecule has 0 radical (unpaired) electrons. The van der Waals surface area contributed by atoms with E-state index in [4.69, 9.17) is 9.15 Å². The van der Waals surface area contributed by atoms with E-state index >= 15 is 0 Å². The molecule has 0 saturated heterocycles. The molecule has 9 heteroatoms. The highest BCUT2D eigenvalue weighted by Crippen LogP contribution is 2.29. The minimum Gasteiger partial charge on any atom is -0.497 e. The second kappa shape index (κ2) is 9.40. The molecule has 3 heterocycles. The molecule has 1 N–H and O–H groups in total. The monoisotopic (exact) mass is 454 g/mol. The predicted octanol–water partition coefficient (Wildman–Crippen LogP) is 5.32. The molecular weight excluding hydrogens is 432 g/mol. The number of benzene rings is 1. The number of hydrogen-bond donors (Lipinski definition) is 1. The summed E-state index contributed by atoms with van der Waals surface area (Å²) < 4.78 is 13.4. The summed E-state index contributed by atoms with van der Waals surface area (Å²) in [5.41, 5.74) is 3.61. The molecule has 0 spiro atoms. The number of hydrogen-bond acceptors (Lipinski definition) is 8. The smallest absolute Gasteiger partial charge is 0.210 e. The number of rotatable bonds is 9. The van der Waals surface area contributed by atoms with Crippen LogP contribution in [0.5, 0.6) is 5.75 Å². The van der Waals surface area contributed by atoms with Gasteiger partial charge in [0, 0.05) is 22.6 Å². The molecule has 1 aromatic carbocycles. The summed E-state index contributed by atoms with van der Waals surface area (Å²) in [6.45, 7) is 4.58. The number of nitrogens with zero attached hydrogens (tertiary/aromatic N) is 3. The van der Waals surface area contributed by atoms with E-state index in [0.717, 1.165) is 38.5 Å². The van der Waals surface area contributed by atoms with Crippen molar-refractivity contribution in [2.75, 3.05) is 18.2 Å². The minimum absolute atomic E-state index is 0.0728. The highest BCUT2D eigenvalue weighted by molar-refractivity contribution is 8.01. The molecule has 0 amide bonds. The Morgan fingerprint density at radius 3 is 2.74 bits per heavy atom. The van der Waals surface area contributed by atoms with E-state index in [1.54, 1.807) is 13.4 Å². The average molecular weight is 455 g/mol. The summed E-state index contributed by atoms with van der Waals surface area (Å²) >= 11 is 2.82. The quantitative estimate of drug-likeness (QED) is 0.270. The fourth-order valence-electron chi connectivity index (χ4n) is 3.21. The third-order valence-corrected chi connectivity index (χ3v) is 6.81. The lowest BCUT2D eigenvalue weighted by Gasteiger charge is -2.07. The zero-order valence-corrected chi connectivity index (χ0v) is 19.0. The van der Waals surface area contributed by atoms with Crippen LogP contribution in [-0.2, 0) is 6.54 Å². The zero-order chi connectivity index (χ0) is 21.8. The number of nitrogens with one attached hydrogen (secondary N) is 1. The maximum Gasteiger partial charge on any atom is 0.210 e. The number of ketones is 1. The first-order chi connectivity index (χ1) is 15.0. The molecule has 0 aliphatic carbocycles. The van der Waals surface area contributed by atoms with Crippen LogP contribution in [0.1, 0.15) is 27.5 Å². The van der Waals surface area contributed by atoms with Crippen molar-refractivity contribution >= 4 is 39.7 Å². The molecule has 7 nitrogen and oxygen atoms in total.